The van der Waals surface area contributed by atoms with Crippen LogP contribution in [0.15, 0.2) is 11.9 Å². The molecule has 0 radical (unpaired) electrons. The van der Waals surface area contributed by atoms with Crippen LogP contribution < -0.4 is 0 Å². The number of hydrogen-bond donors (Lipinski definition) is 0. The predicted octanol–water partition coefficient (Wildman–Crippen LogP) is 1.99. The van der Waals surface area contributed by atoms with Gasteiger partial charge in [-0.3, -0.25) is 0 Å². The minimum absolute atomic E-state index is 0.486. The highest BCUT2D eigenvalue weighted by Gasteiger charge is 1.98. The van der Waals surface area contributed by atoms with Gasteiger partial charge in [0.2, 0.25) is 5.83 Å². The van der Waals surface area contributed by atoms with E-state index in [1.807, 2.05) is 0 Å². The smallest absolute Gasteiger partial charge is 0.191 e. The Morgan fingerprint density at radius 3 is 1.75 bits per heavy atom. The molecule has 0 bridgehead atoms. The summed E-state index contributed by atoms with van der Waals surface area (Å²) < 4.78 is 43.6. The quantitative estimate of drug-likeness (QED) is 0.342. The van der Waals surface area contributed by atoms with Gasteiger partial charge in [0, 0.05) is 5.92 Å². The van der Waals surface area contributed by atoms with Gasteiger partial charge < -0.3 is 0 Å². The van der Waals surface area contributed by atoms with Crippen molar-refractivity contribution in [3.63, 3.8) is 0 Å². The number of halogens is 4. The number of rotatable bonds is 0. The fourth-order valence-corrected chi connectivity index (χ4v) is 0.0887. The highest BCUT2D eigenvalue weighted by molar-refractivity contribution is 5.19. The monoisotopic (exact) mass is 124 g/mol. The molecule has 0 aromatic rings. The van der Waals surface area contributed by atoms with E-state index in [2.05, 4.69) is 0 Å². The fourth-order valence-electron chi connectivity index (χ4n) is 0.0887. The molecule has 0 aliphatic rings. The molecule has 4 heteroatoms. The molecule has 0 N–H and O–H groups in total. The summed E-state index contributed by atoms with van der Waals surface area (Å²) in [6.45, 7) is 0. The summed E-state index contributed by atoms with van der Waals surface area (Å²) in [4.78, 5) is 0. The van der Waals surface area contributed by atoms with Crippen molar-refractivity contribution in [2.75, 3.05) is 0 Å². The SMILES string of the molecule is FC#CC(F)=C(F)F. The van der Waals surface area contributed by atoms with E-state index in [9.17, 15) is 17.6 Å². The molecular formula is C4F4. The zero-order chi connectivity index (χ0) is 6.57. The minimum atomic E-state index is -2.60. The molecule has 0 heterocycles. The van der Waals surface area contributed by atoms with Crippen LogP contribution in [0.2, 0.25) is 0 Å². The standard InChI is InChI=1S/C4F4/c5-2-1-3(6)4(7)8. The second-order valence-electron chi connectivity index (χ2n) is 0.794. The van der Waals surface area contributed by atoms with E-state index in [4.69, 9.17) is 0 Å². The molecule has 0 unspecified atom stereocenters. The normalized spacial score (nSPS) is 7.00. The fraction of sp³-hybridized carbons (Fsp3) is 0. The maximum Gasteiger partial charge on any atom is 0.314 e. The van der Waals surface area contributed by atoms with Gasteiger partial charge in [0.25, 0.3) is 0 Å². The third kappa shape index (κ3) is 2.24. The Morgan fingerprint density at radius 1 is 1.12 bits per heavy atom. The zero-order valence-corrected chi connectivity index (χ0v) is 3.51. The van der Waals surface area contributed by atoms with Crippen molar-refractivity contribution in [2.45, 2.75) is 0 Å². The zero-order valence-electron chi connectivity index (χ0n) is 3.51. The number of hydrogen-bond acceptors (Lipinski definition) is 0. The Hall–Kier alpha value is -0.980. The summed E-state index contributed by atoms with van der Waals surface area (Å²) in [5.41, 5.74) is 0. The lowest BCUT2D eigenvalue weighted by Gasteiger charge is -1.73. The first-order chi connectivity index (χ1) is 3.68. The second-order valence-corrected chi connectivity index (χ2v) is 0.794. The Balaban J connectivity index is 4.16. The van der Waals surface area contributed by atoms with Crippen LogP contribution in [0.25, 0.3) is 0 Å². The predicted molar refractivity (Wildman–Crippen MR) is 19.2 cm³/mol. The first-order valence-electron chi connectivity index (χ1n) is 1.51. The van der Waals surface area contributed by atoms with Crippen LogP contribution in [-0.2, 0) is 0 Å². The van der Waals surface area contributed by atoms with Gasteiger partial charge >= 0.3 is 6.08 Å². The van der Waals surface area contributed by atoms with Gasteiger partial charge in [-0.05, 0) is 0 Å². The van der Waals surface area contributed by atoms with Gasteiger partial charge in [-0.2, -0.15) is 13.2 Å². The molecule has 0 spiro atoms. The van der Waals surface area contributed by atoms with Crippen LogP contribution >= 0.6 is 0 Å². The van der Waals surface area contributed by atoms with Crippen LogP contribution in [0, 0.1) is 12.1 Å². The third-order valence-corrected chi connectivity index (χ3v) is 0.323. The highest BCUT2D eigenvalue weighted by Crippen LogP contribution is 2.06. The van der Waals surface area contributed by atoms with E-state index in [1.165, 1.54) is 0 Å². The van der Waals surface area contributed by atoms with E-state index >= 15 is 0 Å². The third-order valence-electron chi connectivity index (χ3n) is 0.323. The molecule has 0 amide bonds. The molecule has 8 heavy (non-hydrogen) atoms. The lowest BCUT2D eigenvalue weighted by Crippen LogP contribution is -1.65. The topological polar surface area (TPSA) is 0 Å². The molecule has 0 saturated heterocycles. The van der Waals surface area contributed by atoms with Crippen LogP contribution in [0.4, 0.5) is 17.6 Å². The van der Waals surface area contributed by atoms with Crippen LogP contribution in [-0.4, -0.2) is 0 Å². The lowest BCUT2D eigenvalue weighted by atomic mass is 10.6. The van der Waals surface area contributed by atoms with Crippen molar-refractivity contribution in [3.8, 4) is 12.1 Å². The highest BCUT2D eigenvalue weighted by atomic mass is 19.3. The van der Waals surface area contributed by atoms with Crippen molar-refractivity contribution >= 4 is 0 Å². The van der Waals surface area contributed by atoms with Crippen molar-refractivity contribution in [2.24, 2.45) is 0 Å². The molecule has 0 aromatic heterocycles. The Bertz CT molecular complexity index is 155. The summed E-state index contributed by atoms with van der Waals surface area (Å²) >= 11 is 0. The Morgan fingerprint density at radius 2 is 1.62 bits per heavy atom. The van der Waals surface area contributed by atoms with E-state index in [1.54, 1.807) is 0 Å². The van der Waals surface area contributed by atoms with Gasteiger partial charge in [-0.15, -0.1) is 4.39 Å². The maximum atomic E-state index is 11.2. The molecule has 0 rings (SSSR count). The second kappa shape index (κ2) is 3.08. The van der Waals surface area contributed by atoms with Crippen LogP contribution in [0.3, 0.4) is 0 Å². The largest absolute Gasteiger partial charge is 0.314 e. The molecule has 0 atom stereocenters. The molecule has 0 nitrogen and oxygen atoms in total. The van der Waals surface area contributed by atoms with Crippen LogP contribution in [0.5, 0.6) is 0 Å². The molecule has 0 aliphatic carbocycles. The molecule has 44 valence electrons. The van der Waals surface area contributed by atoms with Gasteiger partial charge in [0.05, 0.1) is 0 Å². The van der Waals surface area contributed by atoms with Crippen molar-refractivity contribution in [3.05, 3.63) is 11.9 Å². The first-order valence-corrected chi connectivity index (χ1v) is 1.51. The van der Waals surface area contributed by atoms with Gasteiger partial charge in [-0.1, -0.05) is 0 Å². The summed E-state index contributed by atoms with van der Waals surface area (Å²) in [6.07, 6.45) is -2.12. The van der Waals surface area contributed by atoms with Gasteiger partial charge in [0.1, 0.15) is 6.17 Å². The average molecular weight is 124 g/mol. The summed E-state index contributed by atoms with van der Waals surface area (Å²) in [5, 5.41) is 0. The Labute approximate surface area is 42.8 Å². The molecule has 0 fully saturated rings. The molecule has 0 aliphatic heterocycles. The minimum Gasteiger partial charge on any atom is -0.191 e. The van der Waals surface area contributed by atoms with Gasteiger partial charge in [0.15, 0.2) is 0 Å². The Kier molecular flexibility index (Phi) is 2.70. The lowest BCUT2D eigenvalue weighted by molar-refractivity contribution is 0.389. The van der Waals surface area contributed by atoms with Crippen molar-refractivity contribution in [1.29, 1.82) is 0 Å². The summed E-state index contributed by atoms with van der Waals surface area (Å²) in [7, 11) is 0. The molecule has 0 aromatic carbocycles. The first kappa shape index (κ1) is 7.02. The number of allylic oxidation sites excluding steroid dienone is 1. The average Bonchev–Trinajstić information content (AvgIpc) is 1.67. The van der Waals surface area contributed by atoms with E-state index in [0.29, 0.717) is 6.17 Å². The van der Waals surface area contributed by atoms with E-state index in [0.717, 1.165) is 5.92 Å². The molecular weight excluding hydrogens is 124 g/mol. The maximum absolute atomic E-state index is 11.2. The van der Waals surface area contributed by atoms with Crippen molar-refractivity contribution in [1.82, 2.24) is 0 Å². The summed E-state index contributed by atoms with van der Waals surface area (Å²) in [6, 6.07) is 0. The van der Waals surface area contributed by atoms with E-state index < -0.39 is 11.9 Å². The van der Waals surface area contributed by atoms with Crippen LogP contribution in [0.1, 0.15) is 0 Å². The van der Waals surface area contributed by atoms with Gasteiger partial charge in [-0.25, -0.2) is 0 Å². The summed E-state index contributed by atoms with van der Waals surface area (Å²) in [5.74, 6) is -1.13. The van der Waals surface area contributed by atoms with E-state index in [-0.39, 0.29) is 0 Å². The molecule has 0 saturated carbocycles. The van der Waals surface area contributed by atoms with Crippen molar-refractivity contribution < 1.29 is 17.6 Å².